The first kappa shape index (κ1) is 57.8. The van der Waals surface area contributed by atoms with E-state index in [1.165, 1.54) is 41.6 Å². The average Bonchev–Trinajstić information content (AvgIpc) is 3.96. The van der Waals surface area contributed by atoms with Crippen molar-refractivity contribution < 1.29 is 74.3 Å². The van der Waals surface area contributed by atoms with E-state index in [0.29, 0.717) is 13.0 Å². The molecule has 68 heavy (non-hydrogen) atoms. The van der Waals surface area contributed by atoms with Crippen LogP contribution < -0.4 is 39.3 Å². The number of phosphoric ester groups is 1. The summed E-state index contributed by atoms with van der Waals surface area (Å²) in [5.41, 5.74) is 6.59. The first-order valence-electron chi connectivity index (χ1n) is 22.3. The first-order chi connectivity index (χ1) is 32.3. The van der Waals surface area contributed by atoms with Crippen LogP contribution in [-0.4, -0.2) is 165 Å². The molecule has 0 spiro atoms. The van der Waals surface area contributed by atoms with Gasteiger partial charge in [0.15, 0.2) is 6.23 Å². The molecule has 3 saturated heterocycles. The zero-order chi connectivity index (χ0) is 50.6. The lowest BCUT2D eigenvalue weighted by molar-refractivity contribution is -0.368. The second kappa shape index (κ2) is 28.9. The summed E-state index contributed by atoms with van der Waals surface area (Å²) in [5, 5.41) is 60.1. The number of aliphatic hydroxyl groups is 6. The van der Waals surface area contributed by atoms with Gasteiger partial charge in [-0.15, -0.1) is 0 Å². The topological polar surface area (TPSA) is 419 Å². The summed E-state index contributed by atoms with van der Waals surface area (Å²) in [6.07, 6.45) is 7.22. The van der Waals surface area contributed by atoms with Crippen molar-refractivity contribution in [2.45, 2.75) is 114 Å². The molecule has 5 heterocycles. The summed E-state index contributed by atoms with van der Waals surface area (Å²) in [7, 11) is -4.53. The zero-order valence-corrected chi connectivity index (χ0v) is 38.8. The highest BCUT2D eigenvalue weighted by Crippen LogP contribution is 2.37. The molecular weight excluding hydrogens is 923 g/mol. The smallest absolute Gasteiger partial charge is 0.394 e. The van der Waals surface area contributed by atoms with Crippen LogP contribution in [0.2, 0.25) is 0 Å². The molecule has 0 bridgehead atoms. The summed E-state index contributed by atoms with van der Waals surface area (Å²) in [6, 6.07) is 0. The zero-order valence-electron chi connectivity index (χ0n) is 37.9. The molecule has 3 fully saturated rings. The predicted molar refractivity (Wildman–Crippen MR) is 242 cm³/mol. The Hall–Kier alpha value is -4.51. The number of unbranched alkanes of at least 4 members (excludes halogenated alkanes) is 5. The van der Waals surface area contributed by atoms with Crippen molar-refractivity contribution >= 4 is 31.8 Å². The van der Waals surface area contributed by atoms with E-state index in [4.69, 9.17) is 35.2 Å². The van der Waals surface area contributed by atoms with Gasteiger partial charge in [-0.3, -0.25) is 42.8 Å². The highest BCUT2D eigenvalue weighted by Gasteiger charge is 2.44. The van der Waals surface area contributed by atoms with Crippen molar-refractivity contribution in [2.24, 2.45) is 11.7 Å². The van der Waals surface area contributed by atoms with E-state index in [-0.39, 0.29) is 62.2 Å². The Bertz CT molecular complexity index is 2240. The second-order valence-corrected chi connectivity index (χ2v) is 17.5. The van der Waals surface area contributed by atoms with Crippen molar-refractivity contribution in [1.82, 2.24) is 29.3 Å². The number of aliphatic hydroxyl groups excluding tert-OH is 6. The van der Waals surface area contributed by atoms with Gasteiger partial charge in [-0.25, -0.2) is 14.2 Å². The number of carbonyl (C=O) groups is 2. The van der Waals surface area contributed by atoms with Crippen molar-refractivity contribution in [1.29, 1.82) is 0 Å². The molecule has 4 unspecified atom stereocenters. The molecule has 0 radical (unpaired) electrons. The Balaban J connectivity index is 0.000000274. The van der Waals surface area contributed by atoms with Crippen LogP contribution in [0.5, 0.6) is 0 Å². The molecule has 0 aromatic carbocycles. The lowest BCUT2D eigenvalue weighted by Gasteiger charge is -2.17. The number of nitrogens with two attached hydrogens (primary N) is 1. The molecule has 2 aromatic rings. The van der Waals surface area contributed by atoms with Gasteiger partial charge in [-0.05, 0) is 31.8 Å². The SMILES string of the molecule is CCCCCCNC(=O)/C=C/c1cn([C@H]2CC(O)[C@@H](CO)O2)c(=O)[nH]c1=O.NC/C=C/c1cn([C@@H]2O[C@H](CO)C(O)[C@@H]2O)c(=O)[nH]c1=O.[NH3+]CCCCCC(=O)N1CC(O)C(COP(=O)(O)O)C1. The fraction of sp³-hybridized carbons (Fsp3) is 0.659. The summed E-state index contributed by atoms with van der Waals surface area (Å²) >= 11 is 0. The highest BCUT2D eigenvalue weighted by molar-refractivity contribution is 7.46. The number of amides is 2. The van der Waals surface area contributed by atoms with Gasteiger partial charge >= 0.3 is 19.2 Å². The van der Waals surface area contributed by atoms with Crippen molar-refractivity contribution in [2.75, 3.05) is 52.5 Å². The quantitative estimate of drug-likeness (QED) is 0.0320. The van der Waals surface area contributed by atoms with E-state index >= 15 is 0 Å². The highest BCUT2D eigenvalue weighted by atomic mass is 31.2. The molecule has 2 aromatic heterocycles. The molecule has 9 atom stereocenters. The van der Waals surface area contributed by atoms with Gasteiger partial charge in [0.2, 0.25) is 11.8 Å². The minimum atomic E-state index is -4.53. The van der Waals surface area contributed by atoms with E-state index in [1.807, 2.05) is 0 Å². The first-order valence-corrected chi connectivity index (χ1v) is 23.9. The molecule has 3 aliphatic rings. The number of phosphoric acid groups is 1. The molecule has 5 rings (SSSR count). The number of rotatable bonds is 21. The van der Waals surface area contributed by atoms with Crippen LogP contribution >= 0.6 is 7.82 Å². The molecule has 384 valence electrons. The van der Waals surface area contributed by atoms with Crippen LogP contribution in [0.3, 0.4) is 0 Å². The third kappa shape index (κ3) is 18.1. The standard InChI is InChI=1S/C18H27N3O6.C12H17N3O6.C11H23N2O6P/c1-2-3-4-5-8-19-15(24)7-6-12-10-21(18(26)20-17(12)25)16-9-13(23)14(11-22)27-16;13-3-1-2-6-4-15(12(20)14-10(6)19)11-9(18)8(17)7(5-16)21-11;12-5-3-1-2-4-11(15)13-6-9(10(14)7-13)8-19-20(16,17)18/h6-7,10,13-14,16,22-23H,2-5,8-9,11H2,1H3,(H,19,24)(H,20,25,26);1-2,4,7-9,11,16-18H,3,5,13H2,(H,14,19,20);9-10,14H,1-8,12H2,(H2,16,17,18)/p+1/b7-6+;2-1+;/t13?,14-,16-;7-,8?,9+,11-;/m11./s1. The predicted octanol–water partition coefficient (Wildman–Crippen LogP) is -4.28. The lowest BCUT2D eigenvalue weighted by atomic mass is 10.1. The summed E-state index contributed by atoms with van der Waals surface area (Å²) < 4.78 is 27.8. The minimum absolute atomic E-state index is 0.0354. The Morgan fingerprint density at radius 3 is 2.09 bits per heavy atom. The van der Waals surface area contributed by atoms with Gasteiger partial charge in [0.05, 0.1) is 49.7 Å². The van der Waals surface area contributed by atoms with Gasteiger partial charge in [-0.1, -0.05) is 38.3 Å². The molecule has 27 heteroatoms. The molecule has 26 nitrogen and oxygen atoms in total. The number of aromatic amines is 2. The minimum Gasteiger partial charge on any atom is -0.394 e. The number of carbonyl (C=O) groups excluding carboxylic acids is 2. The second-order valence-electron chi connectivity index (χ2n) is 16.2. The number of aromatic nitrogens is 4. The molecule has 0 saturated carbocycles. The number of hydrogen-bond acceptors (Lipinski definition) is 17. The number of hydrogen-bond donors (Lipinski definition) is 13. The van der Waals surface area contributed by atoms with Crippen LogP contribution in [0, 0.1) is 5.92 Å². The van der Waals surface area contributed by atoms with Crippen LogP contribution in [0.4, 0.5) is 0 Å². The van der Waals surface area contributed by atoms with E-state index in [9.17, 15) is 53.8 Å². The van der Waals surface area contributed by atoms with Crippen LogP contribution in [0.25, 0.3) is 12.2 Å². The maximum atomic E-state index is 12.0. The summed E-state index contributed by atoms with van der Waals surface area (Å²) in [4.78, 5) is 94.2. The van der Waals surface area contributed by atoms with Gasteiger partial charge < -0.3 is 71.6 Å². The largest absolute Gasteiger partial charge is 0.469 e. The maximum Gasteiger partial charge on any atom is 0.469 e. The third-order valence-electron chi connectivity index (χ3n) is 11.0. The Morgan fingerprint density at radius 1 is 0.868 bits per heavy atom. The fourth-order valence-electron chi connectivity index (χ4n) is 7.19. The number of H-pyrrole nitrogens is 2. The number of quaternary nitrogens is 1. The lowest BCUT2D eigenvalue weighted by Crippen LogP contribution is -2.50. The summed E-state index contributed by atoms with van der Waals surface area (Å²) in [5.74, 6) is -0.810. The number of β-amino-alcohol motifs (C(OH)–C–C–N with tert-alkyl or cyclic N) is 1. The van der Waals surface area contributed by atoms with Crippen molar-refractivity contribution in [3.05, 3.63) is 77.3 Å². The van der Waals surface area contributed by atoms with Crippen molar-refractivity contribution in [3.63, 3.8) is 0 Å². The van der Waals surface area contributed by atoms with Gasteiger partial charge in [0.1, 0.15) is 30.6 Å². The van der Waals surface area contributed by atoms with E-state index in [1.54, 1.807) is 0 Å². The molecule has 0 aliphatic carbocycles. The summed E-state index contributed by atoms with van der Waals surface area (Å²) in [6.45, 7) is 3.09. The molecule has 3 aliphatic heterocycles. The van der Waals surface area contributed by atoms with E-state index < -0.39 is 91.9 Å². The number of nitrogens with zero attached hydrogens (tertiary/aromatic N) is 3. The number of ether oxygens (including phenoxy) is 2. The van der Waals surface area contributed by atoms with E-state index in [2.05, 4.69) is 32.5 Å². The van der Waals surface area contributed by atoms with Crippen LogP contribution in [0.15, 0.2) is 43.7 Å². The Morgan fingerprint density at radius 2 is 1.50 bits per heavy atom. The maximum absolute atomic E-state index is 12.0. The van der Waals surface area contributed by atoms with Gasteiger partial charge in [-0.2, -0.15) is 0 Å². The van der Waals surface area contributed by atoms with Gasteiger partial charge in [0, 0.05) is 63.4 Å². The molecular formula is C41H68N8O18P+. The van der Waals surface area contributed by atoms with Crippen LogP contribution in [-0.2, 0) is 28.2 Å². The normalized spacial score (nSPS) is 24.8. The number of likely N-dealkylation sites (tertiary alicyclic amines) is 1. The Kier molecular flexibility index (Phi) is 24.5. The van der Waals surface area contributed by atoms with Gasteiger partial charge in [0.25, 0.3) is 11.1 Å². The average molecular weight is 992 g/mol. The fourth-order valence-corrected chi connectivity index (χ4v) is 7.57. The number of nitrogens with one attached hydrogen (secondary N) is 3. The monoisotopic (exact) mass is 991 g/mol. The Labute approximate surface area is 390 Å². The third-order valence-corrected chi connectivity index (χ3v) is 11.5. The molecule has 16 N–H and O–H groups in total. The molecule has 2 amide bonds. The van der Waals surface area contributed by atoms with Crippen molar-refractivity contribution in [3.8, 4) is 0 Å². The van der Waals surface area contributed by atoms with E-state index in [0.717, 1.165) is 60.6 Å². The van der Waals surface area contributed by atoms with Crippen LogP contribution in [0.1, 0.15) is 88.3 Å².